The molecule has 0 radical (unpaired) electrons. The van der Waals surface area contributed by atoms with Crippen molar-refractivity contribution in [1.29, 1.82) is 0 Å². The number of hydrogen-bond donors (Lipinski definition) is 0. The summed E-state index contributed by atoms with van der Waals surface area (Å²) in [5.41, 5.74) is 2.76. The van der Waals surface area contributed by atoms with E-state index < -0.39 is 0 Å². The third-order valence-electron chi connectivity index (χ3n) is 2.11. The monoisotopic (exact) mass is 176 g/mol. The molecule has 0 aliphatic heterocycles. The summed E-state index contributed by atoms with van der Waals surface area (Å²) in [7, 11) is 0. The highest BCUT2D eigenvalue weighted by Gasteiger charge is 2.01. The van der Waals surface area contributed by atoms with Gasteiger partial charge in [0, 0.05) is 9.58 Å². The van der Waals surface area contributed by atoms with E-state index in [-0.39, 0.29) is 0 Å². The molecule has 2 aromatic rings. The van der Waals surface area contributed by atoms with Crippen LogP contribution in [0.1, 0.15) is 16.0 Å². The van der Waals surface area contributed by atoms with Crippen molar-refractivity contribution in [2.24, 2.45) is 0 Å². The summed E-state index contributed by atoms with van der Waals surface area (Å²) in [6.45, 7) is 6.50. The first-order valence-corrected chi connectivity index (χ1v) is 4.96. The van der Waals surface area contributed by atoms with Gasteiger partial charge in [0.25, 0.3) is 0 Å². The van der Waals surface area contributed by atoms with Crippen molar-refractivity contribution < 1.29 is 0 Å². The van der Waals surface area contributed by atoms with Gasteiger partial charge in [-0.3, -0.25) is 0 Å². The second-order valence-corrected chi connectivity index (χ2v) is 4.64. The van der Waals surface area contributed by atoms with E-state index in [0.717, 1.165) is 0 Å². The molecule has 0 aliphatic carbocycles. The van der Waals surface area contributed by atoms with Gasteiger partial charge in [0.2, 0.25) is 0 Å². The van der Waals surface area contributed by atoms with Crippen LogP contribution in [0.2, 0.25) is 0 Å². The van der Waals surface area contributed by atoms with Gasteiger partial charge in [-0.25, -0.2) is 0 Å². The van der Waals surface area contributed by atoms with Crippen molar-refractivity contribution >= 4 is 21.4 Å². The van der Waals surface area contributed by atoms with Crippen LogP contribution in [0.3, 0.4) is 0 Å². The van der Waals surface area contributed by atoms with E-state index in [4.69, 9.17) is 0 Å². The summed E-state index contributed by atoms with van der Waals surface area (Å²) in [4.78, 5) is 1.40. The molecule has 0 aliphatic rings. The molecular formula is C11H12S. The summed E-state index contributed by atoms with van der Waals surface area (Å²) in [6, 6.07) is 6.78. The lowest BCUT2D eigenvalue weighted by Gasteiger charge is -1.97. The molecule has 1 aromatic heterocycles. The van der Waals surface area contributed by atoms with Crippen molar-refractivity contribution in [1.82, 2.24) is 0 Å². The summed E-state index contributed by atoms with van der Waals surface area (Å²) < 4.78 is 1.42. The van der Waals surface area contributed by atoms with E-state index in [2.05, 4.69) is 39.0 Å². The second-order valence-electron chi connectivity index (χ2n) is 3.35. The van der Waals surface area contributed by atoms with Crippen LogP contribution in [0.25, 0.3) is 10.1 Å². The molecule has 1 aromatic carbocycles. The SMILES string of the molecule is Cc1cc(C)c2cc(C)sc2c1. The maximum Gasteiger partial charge on any atom is 0.0350 e. The standard InChI is InChI=1S/C11H12S/c1-7-4-8(2)10-6-9(3)12-11(10)5-7/h4-6H,1-3H3. The minimum Gasteiger partial charge on any atom is -0.141 e. The Morgan fingerprint density at radius 3 is 2.50 bits per heavy atom. The molecule has 2 rings (SSSR count). The van der Waals surface area contributed by atoms with Crippen LogP contribution >= 0.6 is 11.3 Å². The highest BCUT2D eigenvalue weighted by Crippen LogP contribution is 2.28. The van der Waals surface area contributed by atoms with Crippen molar-refractivity contribution in [2.45, 2.75) is 20.8 Å². The molecule has 0 amide bonds. The Labute approximate surface area is 76.8 Å². The molecule has 0 saturated carbocycles. The molecule has 0 saturated heterocycles. The van der Waals surface area contributed by atoms with E-state index in [9.17, 15) is 0 Å². The normalized spacial score (nSPS) is 10.9. The predicted molar refractivity (Wildman–Crippen MR) is 56.0 cm³/mol. The molecule has 0 spiro atoms. The van der Waals surface area contributed by atoms with Gasteiger partial charge in [-0.1, -0.05) is 6.07 Å². The zero-order chi connectivity index (χ0) is 8.72. The molecule has 1 heterocycles. The van der Waals surface area contributed by atoms with Gasteiger partial charge >= 0.3 is 0 Å². The number of hydrogen-bond acceptors (Lipinski definition) is 1. The van der Waals surface area contributed by atoms with E-state index >= 15 is 0 Å². The number of fused-ring (bicyclic) bond motifs is 1. The number of rotatable bonds is 0. The maximum absolute atomic E-state index is 2.27. The Morgan fingerprint density at radius 2 is 1.75 bits per heavy atom. The molecule has 0 nitrogen and oxygen atoms in total. The largest absolute Gasteiger partial charge is 0.141 e. The zero-order valence-corrected chi connectivity index (χ0v) is 8.46. The predicted octanol–water partition coefficient (Wildman–Crippen LogP) is 3.83. The summed E-state index contributed by atoms with van der Waals surface area (Å²) in [6.07, 6.45) is 0. The first-order valence-electron chi connectivity index (χ1n) is 4.14. The molecule has 1 heteroatoms. The number of aryl methyl sites for hydroxylation is 3. The van der Waals surface area contributed by atoms with Crippen LogP contribution in [-0.2, 0) is 0 Å². The lowest BCUT2D eigenvalue weighted by atomic mass is 10.1. The van der Waals surface area contributed by atoms with E-state index in [0.29, 0.717) is 0 Å². The lowest BCUT2D eigenvalue weighted by Crippen LogP contribution is -1.75. The Morgan fingerprint density at radius 1 is 1.00 bits per heavy atom. The van der Waals surface area contributed by atoms with Crippen molar-refractivity contribution in [3.05, 3.63) is 34.2 Å². The van der Waals surface area contributed by atoms with Gasteiger partial charge in [-0.15, -0.1) is 11.3 Å². The molecular weight excluding hydrogens is 164 g/mol. The van der Waals surface area contributed by atoms with Gasteiger partial charge in [0.1, 0.15) is 0 Å². The molecule has 12 heavy (non-hydrogen) atoms. The maximum atomic E-state index is 2.27. The number of benzene rings is 1. The van der Waals surface area contributed by atoms with Gasteiger partial charge in [-0.05, 0) is 49.4 Å². The fourth-order valence-electron chi connectivity index (χ4n) is 1.62. The number of thiophene rings is 1. The average molecular weight is 176 g/mol. The minimum atomic E-state index is 1.36. The van der Waals surface area contributed by atoms with Crippen molar-refractivity contribution in [2.75, 3.05) is 0 Å². The Bertz CT molecular complexity index is 424. The second kappa shape index (κ2) is 2.60. The topological polar surface area (TPSA) is 0 Å². The van der Waals surface area contributed by atoms with E-state index in [1.54, 1.807) is 0 Å². The molecule has 0 N–H and O–H groups in total. The quantitative estimate of drug-likeness (QED) is 0.572. The van der Waals surface area contributed by atoms with Crippen molar-refractivity contribution in [3.63, 3.8) is 0 Å². The Kier molecular flexibility index (Phi) is 1.69. The Hall–Kier alpha value is -0.820. The lowest BCUT2D eigenvalue weighted by molar-refractivity contribution is 1.44. The van der Waals surface area contributed by atoms with Gasteiger partial charge in [0.05, 0.1) is 0 Å². The minimum absolute atomic E-state index is 1.36. The first-order chi connectivity index (χ1) is 5.66. The highest BCUT2D eigenvalue weighted by molar-refractivity contribution is 7.19. The van der Waals surface area contributed by atoms with Crippen LogP contribution in [0.4, 0.5) is 0 Å². The fraction of sp³-hybridized carbons (Fsp3) is 0.273. The molecule has 0 unspecified atom stereocenters. The third-order valence-corrected chi connectivity index (χ3v) is 3.11. The van der Waals surface area contributed by atoms with Crippen LogP contribution in [0.5, 0.6) is 0 Å². The molecule has 0 fully saturated rings. The average Bonchev–Trinajstić information content (AvgIpc) is 2.29. The fourth-order valence-corrected chi connectivity index (χ4v) is 2.71. The van der Waals surface area contributed by atoms with Crippen LogP contribution in [-0.4, -0.2) is 0 Å². The first kappa shape index (κ1) is 7.81. The summed E-state index contributed by atoms with van der Waals surface area (Å²) >= 11 is 1.88. The smallest absolute Gasteiger partial charge is 0.0350 e. The summed E-state index contributed by atoms with van der Waals surface area (Å²) in [5, 5.41) is 1.42. The van der Waals surface area contributed by atoms with Crippen molar-refractivity contribution in [3.8, 4) is 0 Å². The van der Waals surface area contributed by atoms with E-state index in [1.165, 1.54) is 26.1 Å². The van der Waals surface area contributed by atoms with E-state index in [1.807, 2.05) is 11.3 Å². The zero-order valence-electron chi connectivity index (χ0n) is 7.64. The third kappa shape index (κ3) is 1.14. The van der Waals surface area contributed by atoms with Gasteiger partial charge in [0.15, 0.2) is 0 Å². The highest BCUT2D eigenvalue weighted by atomic mass is 32.1. The van der Waals surface area contributed by atoms with Crippen LogP contribution < -0.4 is 0 Å². The molecule has 0 bridgehead atoms. The van der Waals surface area contributed by atoms with Crippen LogP contribution in [0.15, 0.2) is 18.2 Å². The van der Waals surface area contributed by atoms with Crippen LogP contribution in [0, 0.1) is 20.8 Å². The Balaban J connectivity index is 2.88. The van der Waals surface area contributed by atoms with Gasteiger partial charge in [-0.2, -0.15) is 0 Å². The molecule has 62 valence electrons. The van der Waals surface area contributed by atoms with Gasteiger partial charge < -0.3 is 0 Å². The summed E-state index contributed by atoms with van der Waals surface area (Å²) in [5.74, 6) is 0. The molecule has 0 atom stereocenters.